The SMILES string of the molecule is CCCCc1nnc(NC(=O)C=Cc2ccc(OCc3ccccc3C)c(OC)c2)s1. The van der Waals surface area contributed by atoms with Crippen molar-refractivity contribution in [3.8, 4) is 11.5 Å². The summed E-state index contributed by atoms with van der Waals surface area (Å²) in [6.07, 6.45) is 6.24. The van der Waals surface area contributed by atoms with E-state index in [1.165, 1.54) is 23.0 Å². The summed E-state index contributed by atoms with van der Waals surface area (Å²) in [6.45, 7) is 4.65. The van der Waals surface area contributed by atoms with Crippen LogP contribution in [0.2, 0.25) is 0 Å². The van der Waals surface area contributed by atoms with E-state index in [1.54, 1.807) is 13.2 Å². The summed E-state index contributed by atoms with van der Waals surface area (Å²) < 4.78 is 11.4. The molecule has 1 N–H and O–H groups in total. The van der Waals surface area contributed by atoms with Crippen molar-refractivity contribution in [3.63, 3.8) is 0 Å². The van der Waals surface area contributed by atoms with Gasteiger partial charge in [0.25, 0.3) is 0 Å². The second-order valence-electron chi connectivity index (χ2n) is 7.05. The first-order valence-corrected chi connectivity index (χ1v) is 11.1. The van der Waals surface area contributed by atoms with E-state index >= 15 is 0 Å². The fourth-order valence-electron chi connectivity index (χ4n) is 2.89. The van der Waals surface area contributed by atoms with Crippen molar-refractivity contribution in [2.45, 2.75) is 39.7 Å². The Morgan fingerprint density at radius 3 is 2.77 bits per heavy atom. The molecule has 0 aliphatic heterocycles. The average molecular weight is 438 g/mol. The topological polar surface area (TPSA) is 73.3 Å². The highest BCUT2D eigenvalue weighted by atomic mass is 32.1. The van der Waals surface area contributed by atoms with Crippen LogP contribution in [0.1, 0.15) is 41.5 Å². The molecule has 0 atom stereocenters. The van der Waals surface area contributed by atoms with Gasteiger partial charge in [-0.25, -0.2) is 0 Å². The molecule has 0 unspecified atom stereocenters. The van der Waals surface area contributed by atoms with Gasteiger partial charge in [-0.1, -0.05) is 55.0 Å². The van der Waals surface area contributed by atoms with Gasteiger partial charge in [-0.3, -0.25) is 10.1 Å². The molecule has 0 fully saturated rings. The number of rotatable bonds is 10. The van der Waals surface area contributed by atoms with E-state index in [9.17, 15) is 4.79 Å². The smallest absolute Gasteiger partial charge is 0.250 e. The second kappa shape index (κ2) is 11.3. The number of carbonyl (C=O) groups is 1. The minimum Gasteiger partial charge on any atom is -0.493 e. The van der Waals surface area contributed by atoms with E-state index in [4.69, 9.17) is 9.47 Å². The number of unbranched alkanes of at least 4 members (excludes halogenated alkanes) is 1. The number of nitrogens with zero attached hydrogens (tertiary/aromatic N) is 2. The molecule has 1 aromatic heterocycles. The van der Waals surface area contributed by atoms with Gasteiger partial charge in [-0.15, -0.1) is 10.2 Å². The number of aryl methyl sites for hydroxylation is 2. The van der Waals surface area contributed by atoms with Crippen LogP contribution in [0.4, 0.5) is 5.13 Å². The lowest BCUT2D eigenvalue weighted by Crippen LogP contribution is -2.07. The molecule has 3 aromatic rings. The van der Waals surface area contributed by atoms with Crippen molar-refractivity contribution in [2.75, 3.05) is 12.4 Å². The van der Waals surface area contributed by atoms with E-state index < -0.39 is 0 Å². The van der Waals surface area contributed by atoms with Crippen LogP contribution in [0.3, 0.4) is 0 Å². The third-order valence-corrected chi connectivity index (χ3v) is 5.60. The van der Waals surface area contributed by atoms with Crippen molar-refractivity contribution in [1.82, 2.24) is 10.2 Å². The molecule has 0 radical (unpaired) electrons. The molecule has 0 spiro atoms. The minimum absolute atomic E-state index is 0.253. The van der Waals surface area contributed by atoms with Crippen molar-refractivity contribution in [2.24, 2.45) is 0 Å². The number of nitrogens with one attached hydrogen (secondary N) is 1. The Hall–Kier alpha value is -3.19. The summed E-state index contributed by atoms with van der Waals surface area (Å²) >= 11 is 1.41. The average Bonchev–Trinajstić information content (AvgIpc) is 3.23. The van der Waals surface area contributed by atoms with E-state index in [1.807, 2.05) is 36.4 Å². The highest BCUT2D eigenvalue weighted by Gasteiger charge is 2.08. The molecule has 0 saturated carbocycles. The number of aromatic nitrogens is 2. The standard InChI is InChI=1S/C24H27N3O3S/c1-4-5-10-23-26-27-24(31-23)25-22(28)14-12-18-11-13-20(21(15-18)29-3)30-16-19-9-7-6-8-17(19)2/h6-9,11-15H,4-5,10,16H2,1-3H3,(H,25,27,28). The van der Waals surface area contributed by atoms with Crippen LogP contribution in [0, 0.1) is 6.92 Å². The predicted molar refractivity (Wildman–Crippen MR) is 125 cm³/mol. The first-order chi connectivity index (χ1) is 15.1. The minimum atomic E-state index is -0.253. The highest BCUT2D eigenvalue weighted by molar-refractivity contribution is 7.15. The maximum atomic E-state index is 12.2. The third kappa shape index (κ3) is 6.65. The summed E-state index contributed by atoms with van der Waals surface area (Å²) in [5, 5.41) is 12.3. The summed E-state index contributed by atoms with van der Waals surface area (Å²) in [4.78, 5) is 12.2. The molecule has 0 aliphatic carbocycles. The molecular weight excluding hydrogens is 410 g/mol. The third-order valence-electron chi connectivity index (χ3n) is 4.70. The lowest BCUT2D eigenvalue weighted by Gasteiger charge is -2.12. The van der Waals surface area contributed by atoms with Crippen LogP contribution in [-0.2, 0) is 17.8 Å². The van der Waals surface area contributed by atoms with E-state index in [0.29, 0.717) is 23.2 Å². The van der Waals surface area contributed by atoms with E-state index in [0.717, 1.165) is 35.4 Å². The molecular formula is C24H27N3O3S. The maximum Gasteiger partial charge on any atom is 0.250 e. The summed E-state index contributed by atoms with van der Waals surface area (Å²) in [7, 11) is 1.60. The molecule has 31 heavy (non-hydrogen) atoms. The number of amides is 1. The van der Waals surface area contributed by atoms with Crippen LogP contribution >= 0.6 is 11.3 Å². The first kappa shape index (κ1) is 22.5. The van der Waals surface area contributed by atoms with Gasteiger partial charge in [0.1, 0.15) is 11.6 Å². The molecule has 3 rings (SSSR count). The molecule has 2 aromatic carbocycles. The fourth-order valence-corrected chi connectivity index (χ4v) is 3.67. The van der Waals surface area contributed by atoms with E-state index in [-0.39, 0.29) is 5.91 Å². The van der Waals surface area contributed by atoms with Gasteiger partial charge in [0.2, 0.25) is 11.0 Å². The molecule has 7 heteroatoms. The van der Waals surface area contributed by atoms with Crippen LogP contribution in [0.25, 0.3) is 6.08 Å². The summed E-state index contributed by atoms with van der Waals surface area (Å²) in [6, 6.07) is 13.7. The molecule has 1 heterocycles. The predicted octanol–water partition coefficient (Wildman–Crippen LogP) is 5.43. The zero-order valence-electron chi connectivity index (χ0n) is 18.1. The van der Waals surface area contributed by atoms with Gasteiger partial charge in [0.05, 0.1) is 7.11 Å². The lowest BCUT2D eigenvalue weighted by molar-refractivity contribution is -0.111. The zero-order chi connectivity index (χ0) is 22.1. The Morgan fingerprint density at radius 2 is 2.00 bits per heavy atom. The Balaban J connectivity index is 1.59. The molecule has 0 aliphatic rings. The van der Waals surface area contributed by atoms with Crippen molar-refractivity contribution in [3.05, 3.63) is 70.2 Å². The molecule has 0 bridgehead atoms. The molecule has 6 nitrogen and oxygen atoms in total. The Kier molecular flexibility index (Phi) is 8.18. The van der Waals surface area contributed by atoms with Gasteiger partial charge in [-0.2, -0.15) is 0 Å². The van der Waals surface area contributed by atoms with Crippen LogP contribution < -0.4 is 14.8 Å². The number of hydrogen-bond donors (Lipinski definition) is 1. The van der Waals surface area contributed by atoms with Crippen molar-refractivity contribution < 1.29 is 14.3 Å². The summed E-state index contributed by atoms with van der Waals surface area (Å²) in [5.74, 6) is 1.01. The van der Waals surface area contributed by atoms with Gasteiger partial charge >= 0.3 is 0 Å². The molecule has 162 valence electrons. The quantitative estimate of drug-likeness (QED) is 0.428. The highest BCUT2D eigenvalue weighted by Crippen LogP contribution is 2.29. The number of anilines is 1. The maximum absolute atomic E-state index is 12.2. The van der Waals surface area contributed by atoms with Gasteiger partial charge in [0.15, 0.2) is 11.5 Å². The van der Waals surface area contributed by atoms with E-state index in [2.05, 4.69) is 35.4 Å². The number of methoxy groups -OCH3 is 1. The number of hydrogen-bond acceptors (Lipinski definition) is 6. The Morgan fingerprint density at radius 1 is 1.16 bits per heavy atom. The van der Waals surface area contributed by atoms with Gasteiger partial charge in [0, 0.05) is 12.5 Å². The van der Waals surface area contributed by atoms with Crippen LogP contribution in [0.15, 0.2) is 48.5 Å². The Bertz CT molecular complexity index is 1050. The number of benzene rings is 2. The Labute approximate surface area is 186 Å². The van der Waals surface area contributed by atoms with Crippen LogP contribution in [0.5, 0.6) is 11.5 Å². The number of ether oxygens (including phenoxy) is 2. The normalized spacial score (nSPS) is 10.9. The van der Waals surface area contributed by atoms with Crippen LogP contribution in [-0.4, -0.2) is 23.2 Å². The zero-order valence-corrected chi connectivity index (χ0v) is 18.9. The second-order valence-corrected chi connectivity index (χ2v) is 8.11. The van der Waals surface area contributed by atoms with Crippen molar-refractivity contribution >= 4 is 28.5 Å². The largest absolute Gasteiger partial charge is 0.493 e. The molecule has 1 amide bonds. The molecule has 0 saturated heterocycles. The monoisotopic (exact) mass is 437 g/mol. The fraction of sp³-hybridized carbons (Fsp3) is 0.292. The lowest BCUT2D eigenvalue weighted by atomic mass is 10.1. The van der Waals surface area contributed by atoms with Crippen molar-refractivity contribution in [1.29, 1.82) is 0 Å². The summed E-state index contributed by atoms with van der Waals surface area (Å²) in [5.41, 5.74) is 3.14. The van der Waals surface area contributed by atoms with Gasteiger partial charge in [-0.05, 0) is 48.2 Å². The number of carbonyl (C=O) groups excluding carboxylic acids is 1. The van der Waals surface area contributed by atoms with Gasteiger partial charge < -0.3 is 9.47 Å². The first-order valence-electron chi connectivity index (χ1n) is 10.3.